The van der Waals surface area contributed by atoms with Crippen LogP contribution >= 0.6 is 39.1 Å². The van der Waals surface area contributed by atoms with Crippen LogP contribution < -0.4 is 10.1 Å². The van der Waals surface area contributed by atoms with E-state index in [4.69, 9.17) is 27.9 Å². The summed E-state index contributed by atoms with van der Waals surface area (Å²) in [4.78, 5) is 2.42. The number of hydrogen-bond acceptors (Lipinski definition) is 3. The molecule has 98 valence electrons. The molecule has 0 aliphatic carbocycles. The minimum absolute atomic E-state index is 0.403. The number of nitrogens with zero attached hydrogens (tertiary/aromatic N) is 1. The Morgan fingerprint density at radius 2 is 2.28 bits per heavy atom. The van der Waals surface area contributed by atoms with Crippen molar-refractivity contribution in [2.24, 2.45) is 0 Å². The number of piperazine rings is 1. The highest BCUT2D eigenvalue weighted by Crippen LogP contribution is 2.42. The van der Waals surface area contributed by atoms with E-state index < -0.39 is 0 Å². The number of hydrogen-bond donors (Lipinski definition) is 1. The van der Waals surface area contributed by atoms with Gasteiger partial charge in [-0.1, -0.05) is 23.2 Å². The lowest BCUT2D eigenvalue weighted by atomic mass is 10.1. The Morgan fingerprint density at radius 3 is 3.11 bits per heavy atom. The summed E-state index contributed by atoms with van der Waals surface area (Å²) in [5, 5.41) is 4.60. The van der Waals surface area contributed by atoms with Gasteiger partial charge in [0.25, 0.3) is 0 Å². The number of ether oxygens (including phenoxy) is 1. The molecule has 1 N–H and O–H groups in total. The molecule has 1 aromatic carbocycles. The third-order valence-electron chi connectivity index (χ3n) is 3.46. The van der Waals surface area contributed by atoms with Crippen molar-refractivity contribution in [1.82, 2.24) is 10.2 Å². The first kappa shape index (κ1) is 13.0. The van der Waals surface area contributed by atoms with E-state index in [1.807, 2.05) is 6.07 Å². The van der Waals surface area contributed by atoms with E-state index >= 15 is 0 Å². The van der Waals surface area contributed by atoms with Gasteiger partial charge in [-0.25, -0.2) is 0 Å². The van der Waals surface area contributed by atoms with E-state index in [0.717, 1.165) is 37.5 Å². The molecule has 2 aliphatic rings. The summed E-state index contributed by atoms with van der Waals surface area (Å²) < 4.78 is 6.59. The van der Waals surface area contributed by atoms with E-state index in [9.17, 15) is 0 Å². The fourth-order valence-electron chi connectivity index (χ4n) is 2.47. The normalized spacial score (nSPS) is 23.8. The standard InChI is InChI=1S/C12H13BrCl2N2O/c13-10-9(14)3-7-5-17-2-1-16-4-8(17)6-18-12(7)11(10)15/h3,8,16H,1-2,4-6H2/t8-/m1/s1. The van der Waals surface area contributed by atoms with E-state index in [-0.39, 0.29) is 0 Å². The van der Waals surface area contributed by atoms with Crippen LogP contribution in [0.4, 0.5) is 0 Å². The Balaban J connectivity index is 1.99. The maximum absolute atomic E-state index is 6.30. The van der Waals surface area contributed by atoms with Crippen molar-refractivity contribution >= 4 is 39.1 Å². The maximum atomic E-state index is 6.30. The molecule has 1 fully saturated rings. The van der Waals surface area contributed by atoms with Crippen molar-refractivity contribution in [1.29, 1.82) is 0 Å². The van der Waals surface area contributed by atoms with Crippen molar-refractivity contribution < 1.29 is 4.74 Å². The van der Waals surface area contributed by atoms with Gasteiger partial charge in [0.1, 0.15) is 12.4 Å². The highest BCUT2D eigenvalue weighted by atomic mass is 79.9. The molecule has 1 atom stereocenters. The third-order valence-corrected chi connectivity index (χ3v) is 5.40. The van der Waals surface area contributed by atoms with E-state index in [0.29, 0.717) is 27.2 Å². The minimum Gasteiger partial charge on any atom is -0.490 e. The van der Waals surface area contributed by atoms with E-state index in [1.165, 1.54) is 0 Å². The molecule has 0 aromatic heterocycles. The number of nitrogens with one attached hydrogen (secondary N) is 1. The zero-order valence-electron chi connectivity index (χ0n) is 9.68. The summed E-state index contributed by atoms with van der Waals surface area (Å²) in [6.07, 6.45) is 0. The Hall–Kier alpha value is -0.0000000000000000971. The summed E-state index contributed by atoms with van der Waals surface area (Å²) in [5.74, 6) is 0.766. The van der Waals surface area contributed by atoms with Gasteiger partial charge in [-0.05, 0) is 22.0 Å². The number of rotatable bonds is 0. The molecule has 18 heavy (non-hydrogen) atoms. The van der Waals surface area contributed by atoms with Gasteiger partial charge in [0.2, 0.25) is 0 Å². The van der Waals surface area contributed by atoms with Crippen LogP contribution in [-0.4, -0.2) is 37.2 Å². The van der Waals surface area contributed by atoms with Gasteiger partial charge >= 0.3 is 0 Å². The van der Waals surface area contributed by atoms with Crippen molar-refractivity contribution in [3.63, 3.8) is 0 Å². The summed E-state index contributed by atoms with van der Waals surface area (Å²) in [7, 11) is 0. The average Bonchev–Trinajstić information content (AvgIpc) is 2.55. The van der Waals surface area contributed by atoms with Crippen LogP contribution in [0.2, 0.25) is 10.0 Å². The monoisotopic (exact) mass is 350 g/mol. The summed E-state index contributed by atoms with van der Waals surface area (Å²) >= 11 is 15.8. The minimum atomic E-state index is 0.403. The molecule has 2 heterocycles. The first-order valence-electron chi connectivity index (χ1n) is 5.90. The van der Waals surface area contributed by atoms with Crippen molar-refractivity contribution in [2.75, 3.05) is 26.2 Å². The molecule has 0 saturated carbocycles. The first-order valence-corrected chi connectivity index (χ1v) is 7.45. The van der Waals surface area contributed by atoms with Crippen molar-refractivity contribution in [2.45, 2.75) is 12.6 Å². The SMILES string of the molecule is Clc1cc2c(c(Cl)c1Br)OC[C@H]1CNCCN1C2. The van der Waals surface area contributed by atoms with Crippen LogP contribution in [0.1, 0.15) is 5.56 Å². The van der Waals surface area contributed by atoms with Gasteiger partial charge in [0.15, 0.2) is 0 Å². The predicted octanol–water partition coefficient (Wildman–Crippen LogP) is 2.92. The Kier molecular flexibility index (Phi) is 3.74. The van der Waals surface area contributed by atoms with Crippen LogP contribution in [0.25, 0.3) is 0 Å². The molecular formula is C12H13BrCl2N2O. The molecule has 3 nitrogen and oxygen atoms in total. The van der Waals surface area contributed by atoms with Crippen molar-refractivity contribution in [3.05, 3.63) is 26.1 Å². The molecule has 2 aliphatic heterocycles. The van der Waals surface area contributed by atoms with Crippen LogP contribution in [0.5, 0.6) is 5.75 Å². The lowest BCUT2D eigenvalue weighted by molar-refractivity contribution is 0.120. The second kappa shape index (κ2) is 5.17. The van der Waals surface area contributed by atoms with Gasteiger partial charge < -0.3 is 10.1 Å². The lowest BCUT2D eigenvalue weighted by Crippen LogP contribution is -2.52. The quantitative estimate of drug-likeness (QED) is 0.727. The van der Waals surface area contributed by atoms with Gasteiger partial charge in [0, 0.05) is 31.7 Å². The second-order valence-electron chi connectivity index (χ2n) is 4.61. The van der Waals surface area contributed by atoms with Gasteiger partial charge in [-0.2, -0.15) is 0 Å². The second-order valence-corrected chi connectivity index (χ2v) is 6.19. The summed E-state index contributed by atoms with van der Waals surface area (Å²) in [5.41, 5.74) is 1.07. The Bertz CT molecular complexity index is 484. The zero-order chi connectivity index (χ0) is 12.7. The third kappa shape index (κ3) is 2.25. The van der Waals surface area contributed by atoms with Gasteiger partial charge in [0.05, 0.1) is 20.6 Å². The van der Waals surface area contributed by atoms with Gasteiger partial charge in [-0.15, -0.1) is 0 Å². The highest BCUT2D eigenvalue weighted by Gasteiger charge is 2.29. The van der Waals surface area contributed by atoms with Crippen LogP contribution in [0.15, 0.2) is 10.5 Å². The molecule has 0 radical (unpaired) electrons. The van der Waals surface area contributed by atoms with Crippen LogP contribution in [-0.2, 0) is 6.54 Å². The van der Waals surface area contributed by atoms with Crippen molar-refractivity contribution in [3.8, 4) is 5.75 Å². The molecule has 3 rings (SSSR count). The molecule has 1 saturated heterocycles. The fraction of sp³-hybridized carbons (Fsp3) is 0.500. The summed E-state index contributed by atoms with van der Waals surface area (Å²) in [6, 6.07) is 2.34. The Morgan fingerprint density at radius 1 is 1.44 bits per heavy atom. The van der Waals surface area contributed by atoms with Crippen LogP contribution in [0.3, 0.4) is 0 Å². The molecular weight excluding hydrogens is 339 g/mol. The first-order chi connectivity index (χ1) is 8.66. The lowest BCUT2D eigenvalue weighted by Gasteiger charge is -2.33. The number of fused-ring (bicyclic) bond motifs is 2. The smallest absolute Gasteiger partial charge is 0.143 e. The Labute approximate surface area is 125 Å². The molecule has 1 aromatic rings. The molecule has 0 unspecified atom stereocenters. The molecule has 0 spiro atoms. The average molecular weight is 352 g/mol. The fourth-order valence-corrected chi connectivity index (χ4v) is 3.32. The topological polar surface area (TPSA) is 24.5 Å². The largest absolute Gasteiger partial charge is 0.490 e. The predicted molar refractivity (Wildman–Crippen MR) is 76.7 cm³/mol. The number of halogens is 3. The zero-order valence-corrected chi connectivity index (χ0v) is 12.8. The van der Waals surface area contributed by atoms with E-state index in [2.05, 4.69) is 26.1 Å². The molecule has 0 amide bonds. The van der Waals surface area contributed by atoms with E-state index in [1.54, 1.807) is 0 Å². The maximum Gasteiger partial charge on any atom is 0.143 e. The number of benzene rings is 1. The summed E-state index contributed by atoms with van der Waals surface area (Å²) in [6.45, 7) is 4.51. The van der Waals surface area contributed by atoms with Gasteiger partial charge in [-0.3, -0.25) is 4.90 Å². The van der Waals surface area contributed by atoms with Crippen LogP contribution in [0, 0.1) is 0 Å². The highest BCUT2D eigenvalue weighted by molar-refractivity contribution is 9.10. The molecule has 0 bridgehead atoms. The molecule has 6 heteroatoms.